The van der Waals surface area contributed by atoms with Crippen molar-refractivity contribution in [2.45, 2.75) is 120 Å². The molecule has 46 heavy (non-hydrogen) atoms. The van der Waals surface area contributed by atoms with Gasteiger partial charge in [0.2, 0.25) is 0 Å². The molecule has 250 valence electrons. The van der Waals surface area contributed by atoms with Crippen LogP contribution in [0.5, 0.6) is 0 Å². The van der Waals surface area contributed by atoms with Crippen molar-refractivity contribution in [1.82, 2.24) is 9.88 Å². The van der Waals surface area contributed by atoms with E-state index < -0.39 is 0 Å². The van der Waals surface area contributed by atoms with Gasteiger partial charge < -0.3 is 9.64 Å². The van der Waals surface area contributed by atoms with E-state index in [0.717, 1.165) is 65.5 Å². The topological polar surface area (TPSA) is 54.8 Å². The zero-order chi connectivity index (χ0) is 34.2. The number of allylic oxidation sites excluding steroid dienone is 4. The number of benzene rings is 1. The Hall–Kier alpha value is -3.53. The smallest absolute Gasteiger partial charge is 0.162 e. The fourth-order valence-electron chi connectivity index (χ4n) is 5.83. The number of likely N-dealkylation sites (tertiary alicyclic amines) is 1. The molecule has 0 N–H and O–H groups in total. The number of ketones is 1. The van der Waals surface area contributed by atoms with E-state index in [9.17, 15) is 4.79 Å². The van der Waals surface area contributed by atoms with E-state index in [1.165, 1.54) is 37.1 Å². The number of methoxy groups -OCH3 is 1. The Kier molecular flexibility index (Phi) is 16.7. The number of Topliss-reactive ketones (excluding diaryl/α,β-unsaturated/α-hetero) is 1. The van der Waals surface area contributed by atoms with Gasteiger partial charge in [0.1, 0.15) is 5.76 Å². The second-order valence-corrected chi connectivity index (χ2v) is 12.7. The summed E-state index contributed by atoms with van der Waals surface area (Å²) in [5.41, 5.74) is 12.9. The monoisotopic (exact) mass is 625 g/mol. The number of aromatic nitrogens is 1. The summed E-state index contributed by atoms with van der Waals surface area (Å²) < 4.78 is 5.39. The van der Waals surface area contributed by atoms with E-state index in [4.69, 9.17) is 9.72 Å². The second kappa shape index (κ2) is 19.9. The lowest BCUT2D eigenvalue weighted by molar-refractivity contribution is 0.101. The number of nitrogens with zero attached hydrogens (tertiary/aromatic N) is 3. The van der Waals surface area contributed by atoms with E-state index >= 15 is 0 Å². The molecular formula is C41H59N3O2. The molecule has 0 aliphatic carbocycles. The standard InChI is InChI=1S/C25H34N2O2.C16H25N/c1-8-11-12-14-21-15-23(27-22(13-9-2)25(21)20(6)28)19(5)16-26-17-24(29-7)18(4)10-3;1-12(2)17-9-7-15(8-10-17)16-6-5-13(3)11-14(16)4/h11,14-17H,8-10,13H2,1-7H3;5-6,11-12,15H,7-10H2,1-4H3/b19-16+,24-18?,26-17?;. The van der Waals surface area contributed by atoms with Crippen molar-refractivity contribution in [3.63, 3.8) is 0 Å². The van der Waals surface area contributed by atoms with Gasteiger partial charge in [0.15, 0.2) is 5.78 Å². The summed E-state index contributed by atoms with van der Waals surface area (Å²) in [7, 11) is 1.65. The van der Waals surface area contributed by atoms with Crippen LogP contribution in [0.1, 0.15) is 137 Å². The van der Waals surface area contributed by atoms with Crippen LogP contribution in [0.4, 0.5) is 0 Å². The number of rotatable bonds is 12. The van der Waals surface area contributed by atoms with Gasteiger partial charge in [0.05, 0.1) is 24.7 Å². The number of ether oxygens (including phenoxy) is 1. The fourth-order valence-corrected chi connectivity index (χ4v) is 5.83. The van der Waals surface area contributed by atoms with Gasteiger partial charge in [0, 0.05) is 17.8 Å². The van der Waals surface area contributed by atoms with E-state index in [1.54, 1.807) is 32.0 Å². The summed E-state index contributed by atoms with van der Waals surface area (Å²) in [6, 6.07) is 9.58. The Labute approximate surface area is 280 Å². The maximum atomic E-state index is 12.3. The Morgan fingerprint density at radius 3 is 2.35 bits per heavy atom. The first-order valence-electron chi connectivity index (χ1n) is 17.2. The number of hydrogen-bond acceptors (Lipinski definition) is 5. The van der Waals surface area contributed by atoms with Crippen molar-refractivity contribution < 1.29 is 9.53 Å². The van der Waals surface area contributed by atoms with Gasteiger partial charge in [-0.3, -0.25) is 14.8 Å². The molecule has 1 aliphatic heterocycles. The molecule has 0 saturated carbocycles. The Balaban J connectivity index is 0.000000364. The van der Waals surface area contributed by atoms with Gasteiger partial charge in [-0.05, 0) is 146 Å². The van der Waals surface area contributed by atoms with Crippen molar-refractivity contribution in [2.75, 3.05) is 20.2 Å². The predicted octanol–water partition coefficient (Wildman–Crippen LogP) is 10.5. The summed E-state index contributed by atoms with van der Waals surface area (Å²) in [5, 5.41) is 0. The first-order chi connectivity index (χ1) is 22.0. The molecule has 0 unspecified atom stereocenters. The lowest BCUT2D eigenvalue weighted by atomic mass is 9.86. The minimum absolute atomic E-state index is 0.0293. The summed E-state index contributed by atoms with van der Waals surface area (Å²) in [4.78, 5) is 24.1. The summed E-state index contributed by atoms with van der Waals surface area (Å²) >= 11 is 0. The molecule has 2 aromatic rings. The van der Waals surface area contributed by atoms with Crippen molar-refractivity contribution in [1.29, 1.82) is 0 Å². The average Bonchev–Trinajstić information content (AvgIpc) is 3.03. The van der Waals surface area contributed by atoms with Crippen LogP contribution in [-0.2, 0) is 11.2 Å². The van der Waals surface area contributed by atoms with Crippen LogP contribution in [0.2, 0.25) is 0 Å². The van der Waals surface area contributed by atoms with Gasteiger partial charge in [-0.15, -0.1) is 5.73 Å². The van der Waals surface area contributed by atoms with E-state index in [1.807, 2.05) is 32.1 Å². The quantitative estimate of drug-likeness (QED) is 0.102. The number of carbonyl (C=O) groups excluding carboxylic acids is 1. The lowest BCUT2D eigenvalue weighted by Gasteiger charge is -2.35. The van der Waals surface area contributed by atoms with Crippen molar-refractivity contribution in [3.8, 4) is 0 Å². The van der Waals surface area contributed by atoms with Crippen LogP contribution >= 0.6 is 0 Å². The van der Waals surface area contributed by atoms with Crippen molar-refractivity contribution in [2.24, 2.45) is 4.99 Å². The summed E-state index contributed by atoms with van der Waals surface area (Å²) in [5.74, 6) is 1.59. The predicted molar refractivity (Wildman–Crippen MR) is 198 cm³/mol. The van der Waals surface area contributed by atoms with Gasteiger partial charge >= 0.3 is 0 Å². The van der Waals surface area contributed by atoms with Crippen LogP contribution < -0.4 is 0 Å². The fraction of sp³-hybridized carbons (Fsp3) is 0.512. The average molecular weight is 626 g/mol. The Bertz CT molecular complexity index is 1450. The SMILES string of the molecule is CCC=C=Cc1cc(/C(C)=C/N=CC(OC)=C(C)CC)nc(CCC)c1C(C)=O.Cc1ccc(C2CCN(C(C)C)CC2)c(C)c1. The van der Waals surface area contributed by atoms with Crippen LogP contribution in [0.3, 0.4) is 0 Å². The second-order valence-electron chi connectivity index (χ2n) is 12.7. The van der Waals surface area contributed by atoms with Crippen LogP contribution in [0.15, 0.2) is 58.6 Å². The molecule has 1 aromatic heterocycles. The van der Waals surface area contributed by atoms with E-state index in [-0.39, 0.29) is 5.78 Å². The van der Waals surface area contributed by atoms with Gasteiger partial charge in [0.25, 0.3) is 0 Å². The van der Waals surface area contributed by atoms with Crippen LogP contribution in [0.25, 0.3) is 11.6 Å². The van der Waals surface area contributed by atoms with Crippen LogP contribution in [0, 0.1) is 13.8 Å². The number of carbonyl (C=O) groups is 1. The molecule has 1 saturated heterocycles. The zero-order valence-electron chi connectivity index (χ0n) is 30.6. The number of hydrogen-bond donors (Lipinski definition) is 0. The third kappa shape index (κ3) is 11.7. The third-order valence-corrected chi connectivity index (χ3v) is 8.68. The molecule has 0 radical (unpaired) electrons. The third-order valence-electron chi connectivity index (χ3n) is 8.68. The van der Waals surface area contributed by atoms with Gasteiger partial charge in [-0.25, -0.2) is 0 Å². The lowest BCUT2D eigenvalue weighted by Crippen LogP contribution is -2.37. The highest BCUT2D eigenvalue weighted by atomic mass is 16.5. The van der Waals surface area contributed by atoms with E-state index in [0.29, 0.717) is 11.6 Å². The molecule has 1 aromatic carbocycles. The normalized spacial score (nSPS) is 14.8. The van der Waals surface area contributed by atoms with Crippen molar-refractivity contribution >= 4 is 23.6 Å². The summed E-state index contributed by atoms with van der Waals surface area (Å²) in [6.07, 6.45) is 13.5. The molecular weight excluding hydrogens is 566 g/mol. The number of aliphatic imine (C=N–C) groups is 1. The molecule has 0 bridgehead atoms. The largest absolute Gasteiger partial charge is 0.495 e. The van der Waals surface area contributed by atoms with Crippen LogP contribution in [-0.4, -0.2) is 48.1 Å². The van der Waals surface area contributed by atoms with Gasteiger partial charge in [-0.2, -0.15) is 0 Å². The maximum absolute atomic E-state index is 12.3. The first kappa shape index (κ1) is 38.7. The number of piperidine rings is 1. The van der Waals surface area contributed by atoms with Crippen molar-refractivity contribution in [3.05, 3.63) is 92.8 Å². The number of aryl methyl sites for hydroxylation is 3. The molecule has 0 amide bonds. The van der Waals surface area contributed by atoms with Gasteiger partial charge in [-0.1, -0.05) is 51.0 Å². The highest BCUT2D eigenvalue weighted by Crippen LogP contribution is 2.31. The zero-order valence-corrected chi connectivity index (χ0v) is 30.6. The van der Waals surface area contributed by atoms with E-state index in [2.05, 4.69) is 82.3 Å². The molecule has 5 nitrogen and oxygen atoms in total. The molecule has 1 aliphatic rings. The Morgan fingerprint density at radius 2 is 1.80 bits per heavy atom. The number of pyridine rings is 1. The first-order valence-corrected chi connectivity index (χ1v) is 17.2. The molecule has 0 spiro atoms. The maximum Gasteiger partial charge on any atom is 0.162 e. The molecule has 1 fully saturated rings. The minimum atomic E-state index is 0.0293. The minimum Gasteiger partial charge on any atom is -0.495 e. The molecule has 2 heterocycles. The molecule has 3 rings (SSSR count). The molecule has 0 atom stereocenters. The Morgan fingerprint density at radius 1 is 1.11 bits per heavy atom. The highest BCUT2D eigenvalue weighted by molar-refractivity contribution is 5.99. The molecule has 5 heteroatoms. The highest BCUT2D eigenvalue weighted by Gasteiger charge is 2.23. The summed E-state index contributed by atoms with van der Waals surface area (Å²) in [6.45, 7) is 23.4.